The topological polar surface area (TPSA) is 94.4 Å². The van der Waals surface area contributed by atoms with Crippen LogP contribution < -0.4 is 10.1 Å². The summed E-state index contributed by atoms with van der Waals surface area (Å²) in [5.74, 6) is 0.235. The minimum atomic E-state index is -0.429. The van der Waals surface area contributed by atoms with Crippen LogP contribution in [0.2, 0.25) is 5.02 Å². The molecule has 1 amide bonds. The number of thiazole rings is 1. The summed E-state index contributed by atoms with van der Waals surface area (Å²) in [4.78, 5) is 27.7. The fourth-order valence-corrected chi connectivity index (χ4v) is 3.54. The van der Waals surface area contributed by atoms with Gasteiger partial charge in [0.2, 0.25) is 0 Å². The predicted octanol–water partition coefficient (Wildman–Crippen LogP) is 4.62. The first kappa shape index (κ1) is 19.8. The number of aromatic nitrogens is 1. The summed E-state index contributed by atoms with van der Waals surface area (Å²) >= 11 is 7.17. The molecular weight excluding hydrogens is 402 g/mol. The van der Waals surface area contributed by atoms with Crippen LogP contribution in [0.1, 0.15) is 16.1 Å². The lowest BCUT2D eigenvalue weighted by molar-refractivity contribution is -0.384. The maximum absolute atomic E-state index is 12.1. The van der Waals surface area contributed by atoms with Gasteiger partial charge in [-0.2, -0.15) is 0 Å². The minimum absolute atomic E-state index is 0.0541. The summed E-state index contributed by atoms with van der Waals surface area (Å²) in [5, 5.41) is 14.5. The average molecular weight is 418 g/mol. The second-order valence-electron chi connectivity index (χ2n) is 5.92. The van der Waals surface area contributed by atoms with Crippen LogP contribution in [0.4, 0.5) is 10.8 Å². The minimum Gasteiger partial charge on any atom is -0.484 e. The molecule has 28 heavy (non-hydrogen) atoms. The number of carbonyl (C=O) groups is 1. The SMILES string of the molecule is Cc1nc(NC(=O)COc2ccc(Cl)cc2)sc1Cc1ccc([N+](=O)[O-])cc1. The number of hydrogen-bond acceptors (Lipinski definition) is 6. The Morgan fingerprint density at radius 3 is 2.54 bits per heavy atom. The number of hydrogen-bond donors (Lipinski definition) is 1. The maximum Gasteiger partial charge on any atom is 0.269 e. The highest BCUT2D eigenvalue weighted by atomic mass is 35.5. The lowest BCUT2D eigenvalue weighted by atomic mass is 10.1. The number of carbonyl (C=O) groups excluding carboxylic acids is 1. The highest BCUT2D eigenvalue weighted by Gasteiger charge is 2.12. The highest BCUT2D eigenvalue weighted by Crippen LogP contribution is 2.26. The van der Waals surface area contributed by atoms with Gasteiger partial charge in [0, 0.05) is 28.5 Å². The van der Waals surface area contributed by atoms with E-state index in [4.69, 9.17) is 16.3 Å². The molecule has 0 unspecified atom stereocenters. The van der Waals surface area contributed by atoms with Crippen LogP contribution in [0.25, 0.3) is 0 Å². The molecule has 0 atom stereocenters. The van der Waals surface area contributed by atoms with Gasteiger partial charge in [0.05, 0.1) is 10.6 Å². The zero-order chi connectivity index (χ0) is 20.1. The molecule has 0 saturated carbocycles. The molecule has 2 aromatic carbocycles. The molecule has 0 spiro atoms. The standard InChI is InChI=1S/C19H16ClN3O4S/c1-12-17(10-13-2-6-15(7-3-13)23(25)26)28-19(21-12)22-18(24)11-27-16-8-4-14(20)5-9-16/h2-9H,10-11H2,1H3,(H,21,22,24). The molecule has 0 fully saturated rings. The fraction of sp³-hybridized carbons (Fsp3) is 0.158. The first-order chi connectivity index (χ1) is 13.4. The second-order valence-corrected chi connectivity index (χ2v) is 7.44. The molecule has 1 N–H and O–H groups in total. The molecule has 3 rings (SSSR count). The number of anilines is 1. The van der Waals surface area contributed by atoms with Gasteiger partial charge in [0.25, 0.3) is 11.6 Å². The normalized spacial score (nSPS) is 10.5. The molecule has 1 aromatic heterocycles. The third-order valence-corrected chi connectivity index (χ3v) is 5.16. The highest BCUT2D eigenvalue weighted by molar-refractivity contribution is 7.15. The molecule has 3 aromatic rings. The molecule has 144 valence electrons. The zero-order valence-electron chi connectivity index (χ0n) is 14.8. The largest absolute Gasteiger partial charge is 0.484 e. The first-order valence-corrected chi connectivity index (χ1v) is 9.48. The Bertz CT molecular complexity index is 987. The van der Waals surface area contributed by atoms with Crippen LogP contribution in [-0.2, 0) is 11.2 Å². The number of halogens is 1. The first-order valence-electron chi connectivity index (χ1n) is 8.28. The van der Waals surface area contributed by atoms with E-state index < -0.39 is 4.92 Å². The number of benzene rings is 2. The number of nitrogens with one attached hydrogen (secondary N) is 1. The summed E-state index contributed by atoms with van der Waals surface area (Å²) in [6.07, 6.45) is 0.582. The molecule has 7 nitrogen and oxygen atoms in total. The van der Waals surface area contributed by atoms with Crippen molar-refractivity contribution in [1.29, 1.82) is 0 Å². The van der Waals surface area contributed by atoms with E-state index in [-0.39, 0.29) is 18.2 Å². The molecule has 9 heteroatoms. The van der Waals surface area contributed by atoms with Crippen LogP contribution in [0, 0.1) is 17.0 Å². The van der Waals surface area contributed by atoms with E-state index in [9.17, 15) is 14.9 Å². The number of rotatable bonds is 7. The van der Waals surface area contributed by atoms with Crippen LogP contribution in [0.3, 0.4) is 0 Å². The van der Waals surface area contributed by atoms with Crippen molar-refractivity contribution >= 4 is 39.7 Å². The monoisotopic (exact) mass is 417 g/mol. The van der Waals surface area contributed by atoms with E-state index in [0.717, 1.165) is 16.1 Å². The smallest absolute Gasteiger partial charge is 0.269 e. The van der Waals surface area contributed by atoms with Gasteiger partial charge in [-0.1, -0.05) is 23.7 Å². The van der Waals surface area contributed by atoms with Crippen LogP contribution >= 0.6 is 22.9 Å². The number of nitro groups is 1. The van der Waals surface area contributed by atoms with E-state index in [0.29, 0.717) is 22.3 Å². The van der Waals surface area contributed by atoms with Crippen molar-refractivity contribution in [3.8, 4) is 5.75 Å². The summed E-state index contributed by atoms with van der Waals surface area (Å²) in [6.45, 7) is 1.72. The average Bonchev–Trinajstić information content (AvgIpc) is 3.00. The number of ether oxygens (including phenoxy) is 1. The molecule has 0 aliphatic heterocycles. The van der Waals surface area contributed by atoms with Gasteiger partial charge < -0.3 is 4.74 Å². The number of amides is 1. The van der Waals surface area contributed by atoms with Crippen molar-refractivity contribution in [3.63, 3.8) is 0 Å². The van der Waals surface area contributed by atoms with Crippen molar-refractivity contribution in [2.24, 2.45) is 0 Å². The van der Waals surface area contributed by atoms with E-state index in [1.54, 1.807) is 36.4 Å². The Morgan fingerprint density at radius 1 is 1.21 bits per heavy atom. The third kappa shape index (κ3) is 5.28. The summed E-state index contributed by atoms with van der Waals surface area (Å²) in [7, 11) is 0. The molecule has 0 radical (unpaired) electrons. The van der Waals surface area contributed by atoms with Crippen LogP contribution in [0.5, 0.6) is 5.75 Å². The van der Waals surface area contributed by atoms with Gasteiger partial charge in [-0.05, 0) is 36.8 Å². The van der Waals surface area contributed by atoms with Crippen molar-refractivity contribution < 1.29 is 14.5 Å². The third-order valence-electron chi connectivity index (χ3n) is 3.83. The van der Waals surface area contributed by atoms with Gasteiger partial charge in [-0.25, -0.2) is 4.98 Å². The van der Waals surface area contributed by atoms with Gasteiger partial charge in [0.1, 0.15) is 5.75 Å². The molecule has 0 saturated heterocycles. The maximum atomic E-state index is 12.1. The Labute approximate surface area is 170 Å². The van der Waals surface area contributed by atoms with Gasteiger partial charge in [-0.15, -0.1) is 11.3 Å². The zero-order valence-corrected chi connectivity index (χ0v) is 16.4. The van der Waals surface area contributed by atoms with Crippen LogP contribution in [-0.4, -0.2) is 22.4 Å². The van der Waals surface area contributed by atoms with E-state index >= 15 is 0 Å². The van der Waals surface area contributed by atoms with E-state index in [2.05, 4.69) is 10.3 Å². The Hall–Kier alpha value is -2.97. The predicted molar refractivity (Wildman–Crippen MR) is 108 cm³/mol. The second kappa shape index (κ2) is 8.81. The van der Waals surface area contributed by atoms with Crippen molar-refractivity contribution in [3.05, 3.63) is 79.8 Å². The summed E-state index contributed by atoms with van der Waals surface area (Å²) in [6, 6.07) is 13.1. The van der Waals surface area contributed by atoms with Crippen molar-refractivity contribution in [2.45, 2.75) is 13.3 Å². The fourth-order valence-electron chi connectivity index (χ4n) is 2.40. The van der Waals surface area contributed by atoms with Gasteiger partial charge in [-0.3, -0.25) is 20.2 Å². The molecule has 0 aliphatic rings. The number of nitrogens with zero attached hydrogens (tertiary/aromatic N) is 2. The molecule has 1 heterocycles. The van der Waals surface area contributed by atoms with Crippen molar-refractivity contribution in [1.82, 2.24) is 4.98 Å². The van der Waals surface area contributed by atoms with Crippen LogP contribution in [0.15, 0.2) is 48.5 Å². The van der Waals surface area contributed by atoms with E-state index in [1.165, 1.54) is 23.5 Å². The Kier molecular flexibility index (Phi) is 6.23. The molecular formula is C19H16ClN3O4S. The lowest BCUT2D eigenvalue weighted by Crippen LogP contribution is -2.20. The number of aryl methyl sites for hydroxylation is 1. The van der Waals surface area contributed by atoms with Gasteiger partial charge in [0.15, 0.2) is 11.7 Å². The quantitative estimate of drug-likeness (QED) is 0.447. The Morgan fingerprint density at radius 2 is 1.89 bits per heavy atom. The number of nitro benzene ring substituents is 1. The summed E-state index contributed by atoms with van der Waals surface area (Å²) < 4.78 is 5.41. The summed E-state index contributed by atoms with van der Waals surface area (Å²) in [5.41, 5.74) is 1.79. The molecule has 0 bridgehead atoms. The molecule has 0 aliphatic carbocycles. The van der Waals surface area contributed by atoms with Gasteiger partial charge >= 0.3 is 0 Å². The van der Waals surface area contributed by atoms with E-state index in [1.807, 2.05) is 6.92 Å². The lowest BCUT2D eigenvalue weighted by Gasteiger charge is -2.05. The Balaban J connectivity index is 1.57. The number of non-ortho nitro benzene ring substituents is 1. The van der Waals surface area contributed by atoms with Crippen molar-refractivity contribution in [2.75, 3.05) is 11.9 Å².